The largest absolute Gasteiger partial charge is 0.346 e. The van der Waals surface area contributed by atoms with Gasteiger partial charge in [-0.05, 0) is 24.1 Å². The molecular weight excluding hydrogens is 260 g/mol. The van der Waals surface area contributed by atoms with Crippen molar-refractivity contribution in [3.05, 3.63) is 36.0 Å². The van der Waals surface area contributed by atoms with Crippen molar-refractivity contribution in [3.63, 3.8) is 0 Å². The molecule has 0 fully saturated rings. The minimum absolute atomic E-state index is 0.196. The summed E-state index contributed by atoms with van der Waals surface area (Å²) in [5.41, 5.74) is 2.32. The molecule has 0 aliphatic rings. The summed E-state index contributed by atoms with van der Waals surface area (Å²) in [6.07, 6.45) is 1.97. The van der Waals surface area contributed by atoms with Crippen LogP contribution in [0, 0.1) is 0 Å². The van der Waals surface area contributed by atoms with Crippen LogP contribution in [0.2, 0.25) is 0 Å². The van der Waals surface area contributed by atoms with Gasteiger partial charge in [0.25, 0.3) is 0 Å². The summed E-state index contributed by atoms with van der Waals surface area (Å²) in [5.74, 6) is 0.400. The zero-order valence-corrected chi connectivity index (χ0v) is 12.2. The van der Waals surface area contributed by atoms with Gasteiger partial charge in [0, 0.05) is 25.0 Å². The van der Waals surface area contributed by atoms with Gasteiger partial charge in [0.2, 0.25) is 0 Å². The summed E-state index contributed by atoms with van der Waals surface area (Å²) in [6, 6.07) is 8.19. The summed E-state index contributed by atoms with van der Waals surface area (Å²) >= 11 is 0. The topological polar surface area (TPSA) is 51.1 Å². The van der Waals surface area contributed by atoms with Crippen molar-refractivity contribution in [2.24, 2.45) is 0 Å². The Morgan fingerprint density at radius 2 is 2.05 bits per heavy atom. The van der Waals surface area contributed by atoms with Gasteiger partial charge in [-0.1, -0.05) is 25.1 Å². The molecule has 1 aromatic carbocycles. The first-order valence-corrected chi connectivity index (χ1v) is 8.31. The molecule has 0 unspecified atom stereocenters. The number of aromatic nitrogens is 1. The number of hydrogen-bond acceptors (Lipinski definition) is 3. The highest BCUT2D eigenvalue weighted by molar-refractivity contribution is 7.91. The summed E-state index contributed by atoms with van der Waals surface area (Å²) in [7, 11) is -1.02. The Balaban J connectivity index is 2.33. The highest BCUT2D eigenvalue weighted by atomic mass is 32.2. The van der Waals surface area contributed by atoms with Crippen molar-refractivity contribution in [1.82, 2.24) is 9.88 Å². The molecule has 0 saturated heterocycles. The molecule has 0 saturated carbocycles. The third-order valence-corrected chi connectivity index (χ3v) is 5.01. The van der Waals surface area contributed by atoms with Crippen LogP contribution in [0.15, 0.2) is 30.5 Å². The van der Waals surface area contributed by atoms with Crippen molar-refractivity contribution in [1.29, 1.82) is 0 Å². The third kappa shape index (κ3) is 3.16. The van der Waals surface area contributed by atoms with Gasteiger partial charge in [0.05, 0.1) is 11.3 Å². The monoisotopic (exact) mass is 280 g/mol. The lowest BCUT2D eigenvalue weighted by Gasteiger charge is -2.09. The highest BCUT2D eigenvalue weighted by Crippen LogP contribution is 2.20. The zero-order valence-electron chi connectivity index (χ0n) is 11.4. The first kappa shape index (κ1) is 14.1. The van der Waals surface area contributed by atoms with Crippen molar-refractivity contribution in [3.8, 4) is 0 Å². The summed E-state index contributed by atoms with van der Waals surface area (Å²) in [4.78, 5) is 0. The van der Waals surface area contributed by atoms with E-state index >= 15 is 0 Å². The first-order chi connectivity index (χ1) is 9.07. The van der Waals surface area contributed by atoms with E-state index in [2.05, 4.69) is 17.4 Å². The zero-order chi connectivity index (χ0) is 13.9. The van der Waals surface area contributed by atoms with E-state index in [0.29, 0.717) is 6.54 Å². The number of para-hydroxylation sites is 1. The van der Waals surface area contributed by atoms with E-state index in [-0.39, 0.29) is 11.5 Å². The van der Waals surface area contributed by atoms with E-state index in [1.165, 1.54) is 5.56 Å². The van der Waals surface area contributed by atoms with Crippen LogP contribution in [0.3, 0.4) is 0 Å². The molecule has 4 nitrogen and oxygen atoms in total. The van der Waals surface area contributed by atoms with E-state index in [9.17, 15) is 8.42 Å². The lowest BCUT2D eigenvalue weighted by molar-refractivity contribution is 0.591. The molecule has 0 spiro atoms. The number of nitrogens with zero attached hydrogens (tertiary/aromatic N) is 1. The molecule has 0 aliphatic heterocycles. The average molecular weight is 280 g/mol. The Labute approximate surface area is 114 Å². The number of hydrogen-bond donors (Lipinski definition) is 1. The first-order valence-electron chi connectivity index (χ1n) is 6.49. The molecule has 0 bridgehead atoms. The molecular formula is C14H20N2O2S. The van der Waals surface area contributed by atoms with E-state index in [1.807, 2.05) is 29.9 Å². The number of benzene rings is 1. The van der Waals surface area contributed by atoms with Crippen molar-refractivity contribution >= 4 is 20.7 Å². The van der Waals surface area contributed by atoms with Gasteiger partial charge in [-0.15, -0.1) is 0 Å². The van der Waals surface area contributed by atoms with Crippen LogP contribution in [0.1, 0.15) is 12.5 Å². The molecule has 1 heterocycles. The van der Waals surface area contributed by atoms with Crippen LogP contribution < -0.4 is 5.32 Å². The molecule has 1 N–H and O–H groups in total. The van der Waals surface area contributed by atoms with E-state index in [1.54, 1.807) is 6.92 Å². The van der Waals surface area contributed by atoms with Gasteiger partial charge in [0.15, 0.2) is 9.84 Å². The van der Waals surface area contributed by atoms with Crippen molar-refractivity contribution in [2.45, 2.75) is 20.0 Å². The molecule has 1 aromatic heterocycles. The van der Waals surface area contributed by atoms with Crippen LogP contribution in [0.25, 0.3) is 10.9 Å². The molecule has 104 valence electrons. The van der Waals surface area contributed by atoms with Crippen LogP contribution >= 0.6 is 0 Å². The minimum atomic E-state index is -2.93. The lowest BCUT2D eigenvalue weighted by Crippen LogP contribution is -2.15. The number of rotatable bonds is 6. The van der Waals surface area contributed by atoms with E-state index in [0.717, 1.165) is 17.4 Å². The van der Waals surface area contributed by atoms with Crippen LogP contribution in [0.4, 0.5) is 0 Å². The third-order valence-electron chi connectivity index (χ3n) is 3.32. The quantitative estimate of drug-likeness (QED) is 0.878. The van der Waals surface area contributed by atoms with E-state index in [4.69, 9.17) is 0 Å². The number of nitrogens with one attached hydrogen (secondary N) is 1. The fraction of sp³-hybridized carbons (Fsp3) is 0.429. The van der Waals surface area contributed by atoms with Crippen molar-refractivity contribution in [2.75, 3.05) is 18.6 Å². The molecule has 0 aliphatic carbocycles. The fourth-order valence-corrected chi connectivity index (χ4v) is 3.01. The molecule has 2 aromatic rings. The van der Waals surface area contributed by atoms with Gasteiger partial charge in [-0.25, -0.2) is 8.42 Å². The Morgan fingerprint density at radius 1 is 1.26 bits per heavy atom. The maximum atomic E-state index is 11.6. The second-order valence-corrected chi connectivity index (χ2v) is 7.10. The lowest BCUT2D eigenvalue weighted by atomic mass is 10.1. The highest BCUT2D eigenvalue weighted by Gasteiger charge is 2.10. The molecule has 0 amide bonds. The Hall–Kier alpha value is -1.33. The number of sulfone groups is 1. The van der Waals surface area contributed by atoms with Crippen LogP contribution in [0.5, 0.6) is 0 Å². The SMILES string of the molecule is CCS(=O)(=O)CCn1ccc2cccc(CNC)c21. The summed E-state index contributed by atoms with van der Waals surface area (Å²) in [6.45, 7) is 2.98. The van der Waals surface area contributed by atoms with Crippen molar-refractivity contribution < 1.29 is 8.42 Å². The van der Waals surface area contributed by atoms with Gasteiger partial charge in [-0.2, -0.15) is 0 Å². The molecule has 0 atom stereocenters. The molecule has 5 heteroatoms. The molecule has 2 rings (SSSR count). The van der Waals surface area contributed by atoms with Gasteiger partial charge in [0.1, 0.15) is 0 Å². The average Bonchev–Trinajstić information content (AvgIpc) is 2.81. The predicted molar refractivity (Wildman–Crippen MR) is 79.0 cm³/mol. The Bertz CT molecular complexity index is 659. The smallest absolute Gasteiger partial charge is 0.151 e. The Morgan fingerprint density at radius 3 is 2.74 bits per heavy atom. The summed E-state index contributed by atoms with van der Waals surface area (Å²) < 4.78 is 25.3. The normalized spacial score (nSPS) is 12.1. The van der Waals surface area contributed by atoms with Crippen LogP contribution in [-0.2, 0) is 22.9 Å². The minimum Gasteiger partial charge on any atom is -0.346 e. The molecule has 19 heavy (non-hydrogen) atoms. The number of aryl methyl sites for hydroxylation is 1. The second-order valence-electron chi connectivity index (χ2n) is 4.63. The van der Waals surface area contributed by atoms with Gasteiger partial charge >= 0.3 is 0 Å². The maximum Gasteiger partial charge on any atom is 0.151 e. The second kappa shape index (κ2) is 5.75. The predicted octanol–water partition coefficient (Wildman–Crippen LogP) is 1.80. The van der Waals surface area contributed by atoms with Crippen LogP contribution in [-0.4, -0.2) is 31.5 Å². The van der Waals surface area contributed by atoms with Gasteiger partial charge in [-0.3, -0.25) is 0 Å². The van der Waals surface area contributed by atoms with E-state index < -0.39 is 9.84 Å². The number of fused-ring (bicyclic) bond motifs is 1. The Kier molecular flexibility index (Phi) is 4.27. The molecule has 0 radical (unpaired) electrons. The summed E-state index contributed by atoms with van der Waals surface area (Å²) in [5, 5.41) is 4.30. The fourth-order valence-electron chi connectivity index (χ4n) is 2.24. The van der Waals surface area contributed by atoms with Gasteiger partial charge < -0.3 is 9.88 Å². The standard InChI is InChI=1S/C14H20N2O2S/c1-3-19(17,18)10-9-16-8-7-12-5-4-6-13(11-15-2)14(12)16/h4-8,15H,3,9-11H2,1-2H3. The maximum absolute atomic E-state index is 11.6.